The Balaban J connectivity index is 1.70. The second-order valence-corrected chi connectivity index (χ2v) is 6.69. The van der Waals surface area contributed by atoms with Gasteiger partial charge in [0.15, 0.2) is 0 Å². The summed E-state index contributed by atoms with van der Waals surface area (Å²) in [5, 5.41) is 7.26. The standard InChI is InChI=1S/C17H23ClN2O2/c18-14-5-3-4-13(10-14)17(6-1-2-7-17)20-16(21)11-15-12-19-8-9-22-15/h3-5,10,15,19H,1-2,6-9,11-12H2,(H,20,21). The second-order valence-electron chi connectivity index (χ2n) is 6.25. The van der Waals surface area contributed by atoms with Crippen LogP contribution in [0.5, 0.6) is 0 Å². The molecule has 0 aromatic heterocycles. The minimum absolute atomic E-state index is 0.0217. The Morgan fingerprint density at radius 2 is 2.23 bits per heavy atom. The lowest BCUT2D eigenvalue weighted by atomic mass is 9.88. The Hall–Kier alpha value is -1.10. The zero-order valence-corrected chi connectivity index (χ0v) is 13.5. The van der Waals surface area contributed by atoms with Gasteiger partial charge in [-0.05, 0) is 30.5 Å². The molecule has 1 saturated carbocycles. The third-order valence-electron chi connectivity index (χ3n) is 4.63. The van der Waals surface area contributed by atoms with Crippen LogP contribution >= 0.6 is 11.6 Å². The molecule has 5 heteroatoms. The van der Waals surface area contributed by atoms with Crippen LogP contribution in [0.1, 0.15) is 37.7 Å². The number of morpholine rings is 1. The van der Waals surface area contributed by atoms with Gasteiger partial charge in [0.1, 0.15) is 0 Å². The first-order chi connectivity index (χ1) is 10.7. The number of halogens is 1. The summed E-state index contributed by atoms with van der Waals surface area (Å²) in [4.78, 5) is 12.5. The molecule has 1 saturated heterocycles. The number of hydrogen-bond acceptors (Lipinski definition) is 3. The van der Waals surface area contributed by atoms with Gasteiger partial charge in [-0.25, -0.2) is 0 Å². The lowest BCUT2D eigenvalue weighted by Gasteiger charge is -2.32. The molecule has 2 N–H and O–H groups in total. The lowest BCUT2D eigenvalue weighted by molar-refractivity contribution is -0.126. The molecule has 1 atom stereocenters. The monoisotopic (exact) mass is 322 g/mol. The van der Waals surface area contributed by atoms with Crippen LogP contribution in [0.4, 0.5) is 0 Å². The molecule has 0 bridgehead atoms. The average Bonchev–Trinajstić information content (AvgIpc) is 2.98. The molecule has 0 radical (unpaired) electrons. The van der Waals surface area contributed by atoms with Crippen molar-refractivity contribution in [2.24, 2.45) is 0 Å². The molecule has 4 nitrogen and oxygen atoms in total. The van der Waals surface area contributed by atoms with Crippen LogP contribution < -0.4 is 10.6 Å². The quantitative estimate of drug-likeness (QED) is 0.896. The van der Waals surface area contributed by atoms with Crippen molar-refractivity contribution in [2.45, 2.75) is 43.7 Å². The maximum absolute atomic E-state index is 12.5. The number of nitrogens with one attached hydrogen (secondary N) is 2. The molecule has 1 aromatic rings. The van der Waals surface area contributed by atoms with Gasteiger partial charge in [0, 0.05) is 18.1 Å². The fraction of sp³-hybridized carbons (Fsp3) is 0.588. The van der Waals surface area contributed by atoms with E-state index in [2.05, 4.69) is 16.7 Å². The highest BCUT2D eigenvalue weighted by Gasteiger charge is 2.37. The third-order valence-corrected chi connectivity index (χ3v) is 4.87. The fourth-order valence-corrected chi connectivity index (χ4v) is 3.72. The lowest BCUT2D eigenvalue weighted by Crippen LogP contribution is -2.47. The highest BCUT2D eigenvalue weighted by molar-refractivity contribution is 6.30. The minimum Gasteiger partial charge on any atom is -0.375 e. The van der Waals surface area contributed by atoms with Crippen LogP contribution in [0.2, 0.25) is 5.02 Å². The number of ether oxygens (including phenoxy) is 1. The largest absolute Gasteiger partial charge is 0.375 e. The van der Waals surface area contributed by atoms with Gasteiger partial charge in [-0.2, -0.15) is 0 Å². The van der Waals surface area contributed by atoms with E-state index in [-0.39, 0.29) is 17.6 Å². The number of rotatable bonds is 4. The van der Waals surface area contributed by atoms with E-state index in [1.165, 1.54) is 0 Å². The number of carbonyl (C=O) groups excluding carboxylic acids is 1. The summed E-state index contributed by atoms with van der Waals surface area (Å²) >= 11 is 6.14. The summed E-state index contributed by atoms with van der Waals surface area (Å²) in [5.41, 5.74) is 0.859. The predicted octanol–water partition coefficient (Wildman–Crippen LogP) is 2.60. The van der Waals surface area contributed by atoms with Crippen LogP contribution in [-0.2, 0) is 15.1 Å². The Kier molecular flexibility index (Phi) is 5.01. The van der Waals surface area contributed by atoms with Gasteiger partial charge in [-0.15, -0.1) is 0 Å². The van der Waals surface area contributed by atoms with E-state index < -0.39 is 0 Å². The van der Waals surface area contributed by atoms with E-state index >= 15 is 0 Å². The van der Waals surface area contributed by atoms with Crippen molar-refractivity contribution < 1.29 is 9.53 Å². The topological polar surface area (TPSA) is 50.4 Å². The summed E-state index contributed by atoms with van der Waals surface area (Å²) in [6, 6.07) is 7.87. The first-order valence-corrected chi connectivity index (χ1v) is 8.45. The molecule has 2 aliphatic rings. The molecule has 1 aliphatic carbocycles. The maximum atomic E-state index is 12.5. The predicted molar refractivity (Wildman–Crippen MR) is 87.0 cm³/mol. The fourth-order valence-electron chi connectivity index (χ4n) is 3.53. The molecule has 120 valence electrons. The summed E-state index contributed by atoms with van der Waals surface area (Å²) < 4.78 is 5.63. The van der Waals surface area contributed by atoms with Crippen LogP contribution in [0, 0.1) is 0 Å². The highest BCUT2D eigenvalue weighted by Crippen LogP contribution is 2.39. The average molecular weight is 323 g/mol. The van der Waals surface area contributed by atoms with Gasteiger partial charge < -0.3 is 15.4 Å². The van der Waals surface area contributed by atoms with E-state index in [1.807, 2.05) is 18.2 Å². The Morgan fingerprint density at radius 1 is 1.41 bits per heavy atom. The van der Waals surface area contributed by atoms with E-state index in [9.17, 15) is 4.79 Å². The van der Waals surface area contributed by atoms with E-state index in [0.717, 1.165) is 49.4 Å². The van der Waals surface area contributed by atoms with Crippen LogP contribution in [0.15, 0.2) is 24.3 Å². The molecule has 3 rings (SSSR count). The Bertz CT molecular complexity index is 523. The van der Waals surface area contributed by atoms with Gasteiger partial charge in [0.2, 0.25) is 5.91 Å². The SMILES string of the molecule is O=C(CC1CNCCO1)NC1(c2cccc(Cl)c2)CCCC1. The van der Waals surface area contributed by atoms with Crippen molar-refractivity contribution >= 4 is 17.5 Å². The molecule has 1 aromatic carbocycles. The van der Waals surface area contributed by atoms with Crippen LogP contribution in [-0.4, -0.2) is 31.7 Å². The number of hydrogen-bond donors (Lipinski definition) is 2. The summed E-state index contributed by atoms with van der Waals surface area (Å²) in [7, 11) is 0. The van der Waals surface area contributed by atoms with Crippen molar-refractivity contribution in [2.75, 3.05) is 19.7 Å². The van der Waals surface area contributed by atoms with Crippen LogP contribution in [0.3, 0.4) is 0 Å². The molecule has 22 heavy (non-hydrogen) atoms. The smallest absolute Gasteiger partial charge is 0.223 e. The first kappa shape index (κ1) is 15.8. The molecule has 0 spiro atoms. The molecular weight excluding hydrogens is 300 g/mol. The summed E-state index contributed by atoms with van der Waals surface area (Å²) in [5.74, 6) is 0.0653. The first-order valence-electron chi connectivity index (χ1n) is 8.07. The third kappa shape index (κ3) is 3.62. The molecule has 1 heterocycles. The van der Waals surface area contributed by atoms with Gasteiger partial charge >= 0.3 is 0 Å². The second kappa shape index (κ2) is 6.99. The van der Waals surface area contributed by atoms with Gasteiger partial charge in [-0.1, -0.05) is 36.6 Å². The number of amides is 1. The van der Waals surface area contributed by atoms with Crippen molar-refractivity contribution in [3.63, 3.8) is 0 Å². The zero-order valence-electron chi connectivity index (χ0n) is 12.7. The molecule has 1 unspecified atom stereocenters. The maximum Gasteiger partial charge on any atom is 0.223 e. The summed E-state index contributed by atoms with van der Waals surface area (Å²) in [6.45, 7) is 2.29. The van der Waals surface area contributed by atoms with Gasteiger partial charge in [0.25, 0.3) is 0 Å². The van der Waals surface area contributed by atoms with E-state index in [4.69, 9.17) is 16.3 Å². The minimum atomic E-state index is -0.260. The number of benzene rings is 1. The summed E-state index contributed by atoms with van der Waals surface area (Å²) in [6.07, 6.45) is 4.61. The van der Waals surface area contributed by atoms with Crippen molar-refractivity contribution in [1.29, 1.82) is 0 Å². The molecule has 1 aliphatic heterocycles. The Morgan fingerprint density at radius 3 is 2.91 bits per heavy atom. The van der Waals surface area contributed by atoms with Crippen LogP contribution in [0.25, 0.3) is 0 Å². The molecule has 2 fully saturated rings. The van der Waals surface area contributed by atoms with Crippen molar-refractivity contribution in [3.05, 3.63) is 34.9 Å². The normalized spacial score (nSPS) is 24.1. The van der Waals surface area contributed by atoms with E-state index in [0.29, 0.717) is 13.0 Å². The van der Waals surface area contributed by atoms with Gasteiger partial charge in [-0.3, -0.25) is 4.79 Å². The van der Waals surface area contributed by atoms with E-state index in [1.54, 1.807) is 0 Å². The molecule has 1 amide bonds. The molecular formula is C17H23ClN2O2. The van der Waals surface area contributed by atoms with Crippen molar-refractivity contribution in [3.8, 4) is 0 Å². The number of carbonyl (C=O) groups is 1. The Labute approximate surface area is 136 Å². The van der Waals surface area contributed by atoms with Crippen molar-refractivity contribution in [1.82, 2.24) is 10.6 Å². The highest BCUT2D eigenvalue weighted by atomic mass is 35.5. The zero-order chi connectivity index (χ0) is 15.4. The van der Waals surface area contributed by atoms with Gasteiger partial charge in [0.05, 0.1) is 24.7 Å².